The highest BCUT2D eigenvalue weighted by Gasteiger charge is 2.08. The molecule has 0 rings (SSSR count). The average Bonchev–Trinajstić information content (AvgIpc) is 2.04. The summed E-state index contributed by atoms with van der Waals surface area (Å²) >= 11 is 0. The molecule has 74 valence electrons. The van der Waals surface area contributed by atoms with E-state index in [1.807, 2.05) is 0 Å². The number of rotatable bonds is 7. The van der Waals surface area contributed by atoms with E-state index in [1.165, 1.54) is 0 Å². The normalized spacial score (nSPS) is 16.0. The zero-order valence-electron chi connectivity index (χ0n) is 8.59. The molecule has 0 aromatic carbocycles. The Morgan fingerprint density at radius 2 is 1.75 bits per heavy atom. The molecule has 3 nitrogen and oxygen atoms in total. The fourth-order valence-electron chi connectivity index (χ4n) is 1.19. The van der Waals surface area contributed by atoms with Gasteiger partial charge in [-0.25, -0.2) is 0 Å². The van der Waals surface area contributed by atoms with Gasteiger partial charge in [-0.2, -0.15) is 0 Å². The first-order valence-corrected chi connectivity index (χ1v) is 4.48. The third kappa shape index (κ3) is 5.52. The van der Waals surface area contributed by atoms with Crippen molar-refractivity contribution in [1.29, 1.82) is 0 Å². The molecule has 3 heteroatoms. The average molecular weight is 175 g/mol. The molecule has 0 heterocycles. The second-order valence-electron chi connectivity index (χ2n) is 3.08. The molecule has 0 saturated carbocycles. The van der Waals surface area contributed by atoms with Crippen LogP contribution in [-0.4, -0.2) is 39.5 Å². The second kappa shape index (κ2) is 7.53. The topological polar surface area (TPSA) is 30.5 Å². The van der Waals surface area contributed by atoms with E-state index >= 15 is 0 Å². The highest BCUT2D eigenvalue weighted by atomic mass is 16.5. The predicted octanol–water partition coefficient (Wildman–Crippen LogP) is 1.04. The fraction of sp³-hybridized carbons (Fsp3) is 1.00. The molecular formula is C9H21NO2. The van der Waals surface area contributed by atoms with Crippen LogP contribution in [0.15, 0.2) is 0 Å². The third-order valence-corrected chi connectivity index (χ3v) is 1.80. The van der Waals surface area contributed by atoms with Gasteiger partial charge in [0.15, 0.2) is 0 Å². The van der Waals surface area contributed by atoms with Crippen molar-refractivity contribution in [3.63, 3.8) is 0 Å². The van der Waals surface area contributed by atoms with Gasteiger partial charge in [-0.05, 0) is 13.3 Å². The van der Waals surface area contributed by atoms with Crippen LogP contribution in [0.25, 0.3) is 0 Å². The lowest BCUT2D eigenvalue weighted by Crippen LogP contribution is -2.41. The summed E-state index contributed by atoms with van der Waals surface area (Å²) in [5, 5.41) is 3.42. The van der Waals surface area contributed by atoms with Crippen LogP contribution in [0, 0.1) is 0 Å². The maximum absolute atomic E-state index is 5.07. The summed E-state index contributed by atoms with van der Waals surface area (Å²) in [6, 6.07) is 0.843. The van der Waals surface area contributed by atoms with Crippen molar-refractivity contribution >= 4 is 0 Å². The molecule has 0 aliphatic heterocycles. The molecule has 0 bridgehead atoms. The SMILES string of the molecule is CCC(COC)NC(C)COC. The van der Waals surface area contributed by atoms with Crippen molar-refractivity contribution in [3.05, 3.63) is 0 Å². The van der Waals surface area contributed by atoms with Crippen molar-refractivity contribution in [1.82, 2.24) is 5.32 Å². The minimum atomic E-state index is 0.398. The number of hydrogen-bond donors (Lipinski definition) is 1. The number of nitrogens with one attached hydrogen (secondary N) is 1. The number of hydrogen-bond acceptors (Lipinski definition) is 3. The van der Waals surface area contributed by atoms with Crippen molar-refractivity contribution in [2.24, 2.45) is 0 Å². The molecule has 0 radical (unpaired) electrons. The van der Waals surface area contributed by atoms with Gasteiger partial charge in [-0.3, -0.25) is 0 Å². The lowest BCUT2D eigenvalue weighted by molar-refractivity contribution is 0.133. The van der Waals surface area contributed by atoms with Crippen LogP contribution >= 0.6 is 0 Å². The molecule has 1 N–H and O–H groups in total. The van der Waals surface area contributed by atoms with E-state index in [2.05, 4.69) is 19.2 Å². The number of methoxy groups -OCH3 is 2. The van der Waals surface area contributed by atoms with E-state index in [0.717, 1.165) is 19.6 Å². The van der Waals surface area contributed by atoms with E-state index in [1.54, 1.807) is 14.2 Å². The summed E-state index contributed by atoms with van der Waals surface area (Å²) in [6.45, 7) is 5.78. The fourth-order valence-corrected chi connectivity index (χ4v) is 1.19. The molecule has 0 aliphatic rings. The monoisotopic (exact) mass is 175 g/mol. The molecule has 2 atom stereocenters. The van der Waals surface area contributed by atoms with Crippen LogP contribution in [0.3, 0.4) is 0 Å². The van der Waals surface area contributed by atoms with Crippen LogP contribution in [0.2, 0.25) is 0 Å². The Hall–Kier alpha value is -0.120. The van der Waals surface area contributed by atoms with Gasteiger partial charge in [-0.1, -0.05) is 6.92 Å². The quantitative estimate of drug-likeness (QED) is 0.627. The zero-order chi connectivity index (χ0) is 9.40. The van der Waals surface area contributed by atoms with Crippen LogP contribution < -0.4 is 5.32 Å². The van der Waals surface area contributed by atoms with Gasteiger partial charge in [-0.15, -0.1) is 0 Å². The molecule has 0 amide bonds. The third-order valence-electron chi connectivity index (χ3n) is 1.80. The number of ether oxygens (including phenoxy) is 2. The first-order chi connectivity index (χ1) is 5.74. The Labute approximate surface area is 75.4 Å². The lowest BCUT2D eigenvalue weighted by Gasteiger charge is -2.20. The highest BCUT2D eigenvalue weighted by Crippen LogP contribution is 1.94. The van der Waals surface area contributed by atoms with Crippen LogP contribution in [0.1, 0.15) is 20.3 Å². The van der Waals surface area contributed by atoms with E-state index in [4.69, 9.17) is 9.47 Å². The van der Waals surface area contributed by atoms with Gasteiger partial charge in [0, 0.05) is 26.3 Å². The van der Waals surface area contributed by atoms with Gasteiger partial charge < -0.3 is 14.8 Å². The van der Waals surface area contributed by atoms with Crippen LogP contribution in [-0.2, 0) is 9.47 Å². The van der Waals surface area contributed by atoms with Crippen molar-refractivity contribution in [3.8, 4) is 0 Å². The van der Waals surface area contributed by atoms with Gasteiger partial charge in [0.25, 0.3) is 0 Å². The summed E-state index contributed by atoms with van der Waals surface area (Å²) in [5.74, 6) is 0. The highest BCUT2D eigenvalue weighted by molar-refractivity contribution is 4.68. The minimum Gasteiger partial charge on any atom is -0.383 e. The summed E-state index contributed by atoms with van der Waals surface area (Å²) in [6.07, 6.45) is 1.09. The predicted molar refractivity (Wildman–Crippen MR) is 50.4 cm³/mol. The summed E-state index contributed by atoms with van der Waals surface area (Å²) in [7, 11) is 3.45. The van der Waals surface area contributed by atoms with Crippen LogP contribution in [0.5, 0.6) is 0 Å². The van der Waals surface area contributed by atoms with E-state index < -0.39 is 0 Å². The molecule has 0 fully saturated rings. The van der Waals surface area contributed by atoms with E-state index in [9.17, 15) is 0 Å². The van der Waals surface area contributed by atoms with Crippen LogP contribution in [0.4, 0.5) is 0 Å². The van der Waals surface area contributed by atoms with Gasteiger partial charge >= 0.3 is 0 Å². The Kier molecular flexibility index (Phi) is 7.45. The zero-order valence-corrected chi connectivity index (χ0v) is 8.59. The molecule has 0 spiro atoms. The molecule has 0 saturated heterocycles. The molecule has 0 aromatic rings. The largest absolute Gasteiger partial charge is 0.383 e. The Morgan fingerprint density at radius 1 is 1.17 bits per heavy atom. The molecule has 0 aliphatic carbocycles. The van der Waals surface area contributed by atoms with Gasteiger partial charge in [0.1, 0.15) is 0 Å². The van der Waals surface area contributed by atoms with Crippen molar-refractivity contribution < 1.29 is 9.47 Å². The van der Waals surface area contributed by atoms with Gasteiger partial charge in [0.2, 0.25) is 0 Å². The maximum atomic E-state index is 5.07. The first kappa shape index (κ1) is 11.9. The summed E-state index contributed by atoms with van der Waals surface area (Å²) in [4.78, 5) is 0. The Bertz CT molecular complexity index is 98.5. The summed E-state index contributed by atoms with van der Waals surface area (Å²) < 4.78 is 10.1. The smallest absolute Gasteiger partial charge is 0.0615 e. The van der Waals surface area contributed by atoms with Gasteiger partial charge in [0.05, 0.1) is 13.2 Å². The Balaban J connectivity index is 3.53. The first-order valence-electron chi connectivity index (χ1n) is 4.48. The van der Waals surface area contributed by atoms with Crippen molar-refractivity contribution in [2.75, 3.05) is 27.4 Å². The van der Waals surface area contributed by atoms with E-state index in [0.29, 0.717) is 12.1 Å². The molecule has 2 unspecified atom stereocenters. The standard InChI is InChI=1S/C9H21NO2/c1-5-9(7-12-4)10-8(2)6-11-3/h8-10H,5-7H2,1-4H3. The minimum absolute atomic E-state index is 0.398. The molecule has 12 heavy (non-hydrogen) atoms. The van der Waals surface area contributed by atoms with Crippen molar-refractivity contribution in [2.45, 2.75) is 32.4 Å². The maximum Gasteiger partial charge on any atom is 0.0615 e. The lowest BCUT2D eigenvalue weighted by atomic mass is 10.2. The second-order valence-corrected chi connectivity index (χ2v) is 3.08. The molecular weight excluding hydrogens is 154 g/mol. The summed E-state index contributed by atoms with van der Waals surface area (Å²) in [5.41, 5.74) is 0. The van der Waals surface area contributed by atoms with E-state index in [-0.39, 0.29) is 0 Å². The molecule has 0 aromatic heterocycles. The Morgan fingerprint density at radius 3 is 2.17 bits per heavy atom.